The van der Waals surface area contributed by atoms with E-state index in [1.54, 1.807) is 22.5 Å². The van der Waals surface area contributed by atoms with Crippen molar-refractivity contribution < 1.29 is 8.42 Å². The number of sulfonamides is 1. The third-order valence-corrected chi connectivity index (χ3v) is 6.69. The number of hydrogen-bond donors (Lipinski definition) is 1. The molecular formula is C17H19BrN2O2S. The molecule has 0 aliphatic carbocycles. The zero-order valence-corrected chi connectivity index (χ0v) is 15.0. The minimum atomic E-state index is -3.50. The van der Waals surface area contributed by atoms with Crippen LogP contribution >= 0.6 is 15.9 Å². The smallest absolute Gasteiger partial charge is 0.243 e. The maximum absolute atomic E-state index is 12.9. The zero-order valence-electron chi connectivity index (χ0n) is 12.6. The van der Waals surface area contributed by atoms with Crippen LogP contribution in [0.3, 0.4) is 0 Å². The molecule has 2 atom stereocenters. The van der Waals surface area contributed by atoms with Gasteiger partial charge in [-0.1, -0.05) is 52.3 Å². The van der Waals surface area contributed by atoms with Crippen molar-refractivity contribution in [3.05, 3.63) is 64.6 Å². The van der Waals surface area contributed by atoms with Crippen LogP contribution in [0.4, 0.5) is 0 Å². The van der Waals surface area contributed by atoms with E-state index >= 15 is 0 Å². The van der Waals surface area contributed by atoms with Crippen molar-refractivity contribution in [1.82, 2.24) is 4.31 Å². The average molecular weight is 395 g/mol. The van der Waals surface area contributed by atoms with Crippen molar-refractivity contribution in [2.24, 2.45) is 11.7 Å². The Morgan fingerprint density at radius 3 is 2.48 bits per heavy atom. The highest BCUT2D eigenvalue weighted by Gasteiger charge is 2.39. The van der Waals surface area contributed by atoms with Crippen LogP contribution in [-0.4, -0.2) is 32.4 Å². The Hall–Kier alpha value is -1.21. The number of benzene rings is 2. The van der Waals surface area contributed by atoms with Crippen molar-refractivity contribution in [1.29, 1.82) is 0 Å². The van der Waals surface area contributed by atoms with E-state index in [9.17, 15) is 8.42 Å². The first-order valence-corrected chi connectivity index (χ1v) is 9.76. The number of hydrogen-bond acceptors (Lipinski definition) is 3. The van der Waals surface area contributed by atoms with Crippen LogP contribution < -0.4 is 5.73 Å². The Kier molecular flexibility index (Phi) is 4.87. The lowest BCUT2D eigenvalue weighted by Crippen LogP contribution is -2.30. The number of rotatable bonds is 4. The van der Waals surface area contributed by atoms with Crippen LogP contribution in [0, 0.1) is 5.92 Å². The summed E-state index contributed by atoms with van der Waals surface area (Å²) in [5.41, 5.74) is 7.05. The van der Waals surface area contributed by atoms with E-state index in [0.717, 1.165) is 10.0 Å². The van der Waals surface area contributed by atoms with Crippen LogP contribution in [0.25, 0.3) is 0 Å². The van der Waals surface area contributed by atoms with Gasteiger partial charge in [-0.3, -0.25) is 0 Å². The molecule has 0 aromatic heterocycles. The predicted molar refractivity (Wildman–Crippen MR) is 94.6 cm³/mol. The molecular weight excluding hydrogens is 376 g/mol. The molecule has 0 spiro atoms. The summed E-state index contributed by atoms with van der Waals surface area (Å²) in [5.74, 6) is 0.280. The molecule has 3 rings (SSSR count). The van der Waals surface area contributed by atoms with Gasteiger partial charge in [0.2, 0.25) is 10.0 Å². The molecule has 1 fully saturated rings. The number of nitrogens with zero attached hydrogens (tertiary/aromatic N) is 1. The molecule has 2 aromatic rings. The van der Waals surface area contributed by atoms with Crippen molar-refractivity contribution in [2.75, 3.05) is 19.6 Å². The Morgan fingerprint density at radius 1 is 1.09 bits per heavy atom. The van der Waals surface area contributed by atoms with Gasteiger partial charge in [-0.15, -0.1) is 0 Å². The Morgan fingerprint density at radius 2 is 1.83 bits per heavy atom. The fraction of sp³-hybridized carbons (Fsp3) is 0.294. The molecule has 1 heterocycles. The first-order valence-electron chi connectivity index (χ1n) is 7.53. The average Bonchev–Trinajstić information content (AvgIpc) is 3.01. The van der Waals surface area contributed by atoms with Crippen molar-refractivity contribution in [3.8, 4) is 0 Å². The fourth-order valence-electron chi connectivity index (χ4n) is 3.12. The lowest BCUT2D eigenvalue weighted by Gasteiger charge is -2.17. The van der Waals surface area contributed by atoms with Crippen LogP contribution in [0.2, 0.25) is 0 Å². The van der Waals surface area contributed by atoms with E-state index in [4.69, 9.17) is 5.73 Å². The molecule has 2 aromatic carbocycles. The summed E-state index contributed by atoms with van der Waals surface area (Å²) in [6, 6.07) is 16.8. The molecule has 122 valence electrons. The summed E-state index contributed by atoms with van der Waals surface area (Å²) in [6.45, 7) is 1.41. The van der Waals surface area contributed by atoms with Gasteiger partial charge in [0.1, 0.15) is 0 Å². The van der Waals surface area contributed by atoms with Crippen LogP contribution in [-0.2, 0) is 10.0 Å². The highest BCUT2D eigenvalue weighted by Crippen LogP contribution is 2.35. The van der Waals surface area contributed by atoms with Crippen LogP contribution in [0.5, 0.6) is 0 Å². The van der Waals surface area contributed by atoms with Gasteiger partial charge in [0.25, 0.3) is 0 Å². The molecule has 4 nitrogen and oxygen atoms in total. The second-order valence-corrected chi connectivity index (χ2v) is 8.65. The summed E-state index contributed by atoms with van der Waals surface area (Å²) >= 11 is 3.33. The van der Waals surface area contributed by atoms with E-state index in [1.807, 2.05) is 36.4 Å². The molecule has 23 heavy (non-hydrogen) atoms. The van der Waals surface area contributed by atoms with Crippen LogP contribution in [0.15, 0.2) is 64.0 Å². The number of halogens is 1. The van der Waals surface area contributed by atoms with Gasteiger partial charge >= 0.3 is 0 Å². The molecule has 0 unspecified atom stereocenters. The summed E-state index contributed by atoms with van der Waals surface area (Å²) in [7, 11) is -3.50. The van der Waals surface area contributed by atoms with Crippen molar-refractivity contribution in [2.45, 2.75) is 10.8 Å². The van der Waals surface area contributed by atoms with Gasteiger partial charge < -0.3 is 5.73 Å². The van der Waals surface area contributed by atoms with Crippen LogP contribution in [0.1, 0.15) is 11.5 Å². The standard InChI is InChI=1S/C17H19BrN2O2S/c18-15-7-4-8-16(9-15)23(21,22)20-11-14(10-19)17(12-20)13-5-2-1-3-6-13/h1-9,14,17H,10-12,19H2/t14-,17+/m1/s1. The number of nitrogens with two attached hydrogens (primary N) is 1. The highest BCUT2D eigenvalue weighted by molar-refractivity contribution is 9.10. The second kappa shape index (κ2) is 6.73. The molecule has 0 amide bonds. The first kappa shape index (κ1) is 16.6. The molecule has 0 radical (unpaired) electrons. The molecule has 1 aliphatic rings. The van der Waals surface area contributed by atoms with Gasteiger partial charge in [-0.25, -0.2) is 8.42 Å². The van der Waals surface area contributed by atoms with Gasteiger partial charge in [-0.05, 0) is 36.2 Å². The van der Waals surface area contributed by atoms with E-state index in [2.05, 4.69) is 15.9 Å². The second-order valence-electron chi connectivity index (χ2n) is 5.79. The molecule has 6 heteroatoms. The van der Waals surface area contributed by atoms with Gasteiger partial charge in [0, 0.05) is 23.5 Å². The Bertz CT molecular complexity index is 780. The molecule has 1 saturated heterocycles. The largest absolute Gasteiger partial charge is 0.330 e. The van der Waals surface area contributed by atoms with Crippen molar-refractivity contribution >= 4 is 26.0 Å². The quantitative estimate of drug-likeness (QED) is 0.866. The summed E-state index contributed by atoms with van der Waals surface area (Å²) in [6.07, 6.45) is 0. The summed E-state index contributed by atoms with van der Waals surface area (Å²) in [4.78, 5) is 0.316. The zero-order chi connectivity index (χ0) is 16.4. The lowest BCUT2D eigenvalue weighted by atomic mass is 9.89. The van der Waals surface area contributed by atoms with Crippen molar-refractivity contribution in [3.63, 3.8) is 0 Å². The molecule has 0 saturated carbocycles. The third-order valence-electron chi connectivity index (χ3n) is 4.37. The Balaban J connectivity index is 1.90. The minimum Gasteiger partial charge on any atom is -0.330 e. The molecule has 2 N–H and O–H groups in total. The normalized spacial score (nSPS) is 22.3. The Labute approximate surface area is 145 Å². The topological polar surface area (TPSA) is 63.4 Å². The summed E-state index contributed by atoms with van der Waals surface area (Å²) in [5, 5.41) is 0. The van der Waals surface area contributed by atoms with Gasteiger partial charge in [-0.2, -0.15) is 4.31 Å². The highest BCUT2D eigenvalue weighted by atomic mass is 79.9. The van der Waals surface area contributed by atoms with Gasteiger partial charge in [0.05, 0.1) is 4.90 Å². The molecule has 1 aliphatic heterocycles. The first-order chi connectivity index (χ1) is 11.0. The van der Waals surface area contributed by atoms with E-state index < -0.39 is 10.0 Å². The predicted octanol–water partition coefficient (Wildman–Crippen LogP) is 2.81. The maximum atomic E-state index is 12.9. The maximum Gasteiger partial charge on any atom is 0.243 e. The van der Waals surface area contributed by atoms with Gasteiger partial charge in [0.15, 0.2) is 0 Å². The lowest BCUT2D eigenvalue weighted by molar-refractivity contribution is 0.459. The minimum absolute atomic E-state index is 0.138. The summed E-state index contributed by atoms with van der Waals surface area (Å²) < 4.78 is 28.1. The fourth-order valence-corrected chi connectivity index (χ4v) is 5.24. The monoisotopic (exact) mass is 394 g/mol. The van der Waals surface area contributed by atoms with E-state index in [0.29, 0.717) is 24.5 Å². The van der Waals surface area contributed by atoms with E-state index in [-0.39, 0.29) is 11.8 Å². The SMILES string of the molecule is NC[C@@H]1CN(S(=O)(=O)c2cccc(Br)c2)C[C@H]1c1ccccc1. The third kappa shape index (κ3) is 3.35. The van der Waals surface area contributed by atoms with E-state index in [1.165, 1.54) is 0 Å². The molecule has 0 bridgehead atoms.